The number of hydrogen-bond acceptors (Lipinski definition) is 3. The fraction of sp³-hybridized carbons (Fsp3) is 0.385. The van der Waals surface area contributed by atoms with Gasteiger partial charge in [-0.25, -0.2) is 0 Å². The summed E-state index contributed by atoms with van der Waals surface area (Å²) in [5.41, 5.74) is 2.12. The molecule has 2 amide bonds. The van der Waals surface area contributed by atoms with Crippen molar-refractivity contribution in [1.29, 1.82) is 0 Å². The third kappa shape index (κ3) is 1.41. The number of hydrogen-bond donors (Lipinski definition) is 1. The molecule has 2 aliphatic heterocycles. The van der Waals surface area contributed by atoms with E-state index in [1.165, 1.54) is 11.9 Å². The molecule has 1 atom stereocenters. The number of nitrogens with one attached hydrogen (secondary N) is 1. The van der Waals surface area contributed by atoms with Crippen molar-refractivity contribution in [2.24, 2.45) is 0 Å². The summed E-state index contributed by atoms with van der Waals surface area (Å²) in [6.45, 7) is 0.978. The Bertz CT molecular complexity index is 504. The molecule has 4 nitrogen and oxygen atoms in total. The minimum absolute atomic E-state index is 0.172. The van der Waals surface area contributed by atoms with Gasteiger partial charge in [0.15, 0.2) is 0 Å². The smallest absolute Gasteiger partial charge is 0.261 e. The third-order valence-corrected chi connectivity index (χ3v) is 3.59. The maximum atomic E-state index is 12.1. The second-order valence-electron chi connectivity index (χ2n) is 4.59. The summed E-state index contributed by atoms with van der Waals surface area (Å²) in [6.07, 6.45) is 2.15. The van der Waals surface area contributed by atoms with Crippen LogP contribution in [0.3, 0.4) is 0 Å². The summed E-state index contributed by atoms with van der Waals surface area (Å²) >= 11 is 0. The number of fused-ring (bicyclic) bond motifs is 1. The van der Waals surface area contributed by atoms with Crippen molar-refractivity contribution in [2.75, 3.05) is 13.6 Å². The first-order valence-corrected chi connectivity index (χ1v) is 5.89. The van der Waals surface area contributed by atoms with Gasteiger partial charge in [0, 0.05) is 13.1 Å². The lowest BCUT2D eigenvalue weighted by Crippen LogP contribution is -2.25. The molecule has 0 bridgehead atoms. The van der Waals surface area contributed by atoms with Gasteiger partial charge in [0.05, 0.1) is 11.1 Å². The Balaban J connectivity index is 2.14. The van der Waals surface area contributed by atoms with Gasteiger partial charge in [0.2, 0.25) is 0 Å². The van der Waals surface area contributed by atoms with Gasteiger partial charge in [-0.1, -0.05) is 12.1 Å². The largest absolute Gasteiger partial charge is 0.310 e. The zero-order chi connectivity index (χ0) is 12.0. The molecule has 1 N–H and O–H groups in total. The molecule has 0 aliphatic carbocycles. The number of carbonyl (C=O) groups excluding carboxylic acids is 2. The van der Waals surface area contributed by atoms with Gasteiger partial charge >= 0.3 is 0 Å². The van der Waals surface area contributed by atoms with Gasteiger partial charge in [-0.2, -0.15) is 0 Å². The molecule has 88 valence electrons. The number of nitrogens with zero attached hydrogens (tertiary/aromatic N) is 1. The van der Waals surface area contributed by atoms with E-state index in [2.05, 4.69) is 5.32 Å². The second-order valence-corrected chi connectivity index (χ2v) is 4.59. The fourth-order valence-electron chi connectivity index (χ4n) is 2.67. The van der Waals surface area contributed by atoms with Crippen LogP contribution in [0.5, 0.6) is 0 Å². The van der Waals surface area contributed by atoms with Crippen molar-refractivity contribution in [3.05, 3.63) is 34.9 Å². The van der Waals surface area contributed by atoms with E-state index in [1.54, 1.807) is 6.07 Å². The molecule has 0 spiro atoms. The van der Waals surface area contributed by atoms with Gasteiger partial charge in [0.1, 0.15) is 0 Å². The first-order valence-electron chi connectivity index (χ1n) is 5.89. The topological polar surface area (TPSA) is 49.4 Å². The summed E-state index contributed by atoms with van der Waals surface area (Å²) in [5.74, 6) is -0.362. The molecule has 4 heteroatoms. The summed E-state index contributed by atoms with van der Waals surface area (Å²) in [4.78, 5) is 25.1. The van der Waals surface area contributed by atoms with Crippen molar-refractivity contribution in [3.8, 4) is 0 Å². The van der Waals surface area contributed by atoms with E-state index in [4.69, 9.17) is 0 Å². The summed E-state index contributed by atoms with van der Waals surface area (Å²) in [6, 6.07) is 5.76. The van der Waals surface area contributed by atoms with Crippen molar-refractivity contribution >= 4 is 11.8 Å². The molecule has 1 fully saturated rings. The lowest BCUT2D eigenvalue weighted by atomic mass is 9.96. The monoisotopic (exact) mass is 230 g/mol. The number of benzene rings is 1. The van der Waals surface area contributed by atoms with Crippen molar-refractivity contribution < 1.29 is 9.59 Å². The molecule has 2 aliphatic rings. The average Bonchev–Trinajstić information content (AvgIpc) is 2.94. The molecule has 1 aromatic carbocycles. The minimum Gasteiger partial charge on any atom is -0.310 e. The molecule has 17 heavy (non-hydrogen) atoms. The number of amides is 2. The highest BCUT2D eigenvalue weighted by molar-refractivity contribution is 6.21. The van der Waals surface area contributed by atoms with Gasteiger partial charge in [-0.15, -0.1) is 0 Å². The molecular weight excluding hydrogens is 216 g/mol. The normalized spacial score (nSPS) is 23.4. The number of rotatable bonds is 1. The molecule has 0 saturated carbocycles. The van der Waals surface area contributed by atoms with Crippen LogP contribution >= 0.6 is 0 Å². The van der Waals surface area contributed by atoms with Gasteiger partial charge in [0.25, 0.3) is 11.8 Å². The lowest BCUT2D eigenvalue weighted by Gasteiger charge is -2.13. The van der Waals surface area contributed by atoms with E-state index in [9.17, 15) is 9.59 Å². The quantitative estimate of drug-likeness (QED) is 0.741. The van der Waals surface area contributed by atoms with E-state index >= 15 is 0 Å². The number of imide groups is 1. The minimum atomic E-state index is -0.190. The Morgan fingerprint density at radius 2 is 2.12 bits per heavy atom. The predicted molar refractivity (Wildman–Crippen MR) is 62.8 cm³/mol. The highest BCUT2D eigenvalue weighted by Gasteiger charge is 2.36. The molecule has 1 unspecified atom stereocenters. The van der Waals surface area contributed by atoms with Crippen LogP contribution in [-0.2, 0) is 0 Å². The second kappa shape index (κ2) is 3.67. The highest BCUT2D eigenvalue weighted by atomic mass is 16.2. The van der Waals surface area contributed by atoms with Gasteiger partial charge in [-0.05, 0) is 31.0 Å². The van der Waals surface area contributed by atoms with E-state index in [-0.39, 0.29) is 17.9 Å². The van der Waals surface area contributed by atoms with E-state index in [1.807, 2.05) is 12.1 Å². The van der Waals surface area contributed by atoms with Crippen LogP contribution < -0.4 is 5.32 Å². The summed E-state index contributed by atoms with van der Waals surface area (Å²) in [5, 5.41) is 3.37. The van der Waals surface area contributed by atoms with Gasteiger partial charge < -0.3 is 5.32 Å². The molecule has 1 saturated heterocycles. The highest BCUT2D eigenvalue weighted by Crippen LogP contribution is 2.32. The number of carbonyl (C=O) groups is 2. The Morgan fingerprint density at radius 3 is 2.82 bits per heavy atom. The van der Waals surface area contributed by atoms with Crippen LogP contribution in [-0.4, -0.2) is 30.3 Å². The van der Waals surface area contributed by atoms with E-state index in [0.717, 1.165) is 24.9 Å². The Kier molecular flexibility index (Phi) is 2.26. The SMILES string of the molecule is CN1C(=O)c2cccc(C3CCCN3)c2C1=O. The molecular formula is C13H14N2O2. The van der Waals surface area contributed by atoms with Crippen molar-refractivity contribution in [2.45, 2.75) is 18.9 Å². The van der Waals surface area contributed by atoms with Gasteiger partial charge in [-0.3, -0.25) is 14.5 Å². The van der Waals surface area contributed by atoms with Crippen molar-refractivity contribution in [1.82, 2.24) is 10.2 Å². The lowest BCUT2D eigenvalue weighted by molar-refractivity contribution is 0.0692. The standard InChI is InChI=1S/C13H14N2O2/c1-15-12(16)9-5-2-4-8(11(9)13(15)17)10-6-3-7-14-10/h2,4-5,10,14H,3,6-7H2,1H3. The zero-order valence-corrected chi connectivity index (χ0v) is 9.69. The molecule has 2 heterocycles. The maximum Gasteiger partial charge on any atom is 0.261 e. The Labute approximate surface area is 99.6 Å². The van der Waals surface area contributed by atoms with Crippen LogP contribution in [0.25, 0.3) is 0 Å². The van der Waals surface area contributed by atoms with Crippen LogP contribution in [0.1, 0.15) is 45.2 Å². The molecule has 1 aromatic rings. The van der Waals surface area contributed by atoms with E-state index in [0.29, 0.717) is 11.1 Å². The first kappa shape index (κ1) is 10.5. The van der Waals surface area contributed by atoms with Crippen LogP contribution in [0, 0.1) is 0 Å². The molecule has 0 radical (unpaired) electrons. The zero-order valence-electron chi connectivity index (χ0n) is 9.69. The molecule has 3 rings (SSSR count). The maximum absolute atomic E-state index is 12.1. The predicted octanol–water partition coefficient (Wildman–Crippen LogP) is 1.34. The molecule has 0 aromatic heterocycles. The van der Waals surface area contributed by atoms with Crippen LogP contribution in [0.4, 0.5) is 0 Å². The summed E-state index contributed by atoms with van der Waals surface area (Å²) < 4.78 is 0. The third-order valence-electron chi connectivity index (χ3n) is 3.59. The fourth-order valence-corrected chi connectivity index (χ4v) is 2.67. The van der Waals surface area contributed by atoms with Crippen LogP contribution in [0.2, 0.25) is 0 Å². The Hall–Kier alpha value is -1.68. The van der Waals surface area contributed by atoms with Crippen LogP contribution in [0.15, 0.2) is 18.2 Å². The summed E-state index contributed by atoms with van der Waals surface area (Å²) in [7, 11) is 1.54. The average molecular weight is 230 g/mol. The van der Waals surface area contributed by atoms with E-state index < -0.39 is 0 Å². The first-order chi connectivity index (χ1) is 8.20. The van der Waals surface area contributed by atoms with Crippen molar-refractivity contribution in [3.63, 3.8) is 0 Å². The Morgan fingerprint density at radius 1 is 1.29 bits per heavy atom.